The summed E-state index contributed by atoms with van der Waals surface area (Å²) in [6, 6.07) is 4.02. The first-order chi connectivity index (χ1) is 7.63. The van der Waals surface area contributed by atoms with Gasteiger partial charge < -0.3 is 15.0 Å². The maximum absolute atomic E-state index is 5.68. The standard InChI is InChI=1S/C12H14N2O2/c1-7-4-9(5-8(2)11(7)15-3)10-6-14-16-12(10)13/h4-6H,13H2,1-3H3. The van der Waals surface area contributed by atoms with Crippen LogP contribution in [-0.2, 0) is 0 Å². The van der Waals surface area contributed by atoms with Crippen molar-refractivity contribution in [2.75, 3.05) is 12.8 Å². The number of rotatable bonds is 2. The Kier molecular flexibility index (Phi) is 2.56. The Morgan fingerprint density at radius 3 is 2.31 bits per heavy atom. The highest BCUT2D eigenvalue weighted by Crippen LogP contribution is 2.32. The molecular weight excluding hydrogens is 204 g/mol. The average molecular weight is 218 g/mol. The number of aromatic nitrogens is 1. The second kappa shape index (κ2) is 3.89. The molecule has 2 N–H and O–H groups in total. The van der Waals surface area contributed by atoms with Crippen LogP contribution in [0.4, 0.5) is 5.88 Å². The lowest BCUT2D eigenvalue weighted by molar-refractivity contribution is 0.408. The third-order valence-electron chi connectivity index (χ3n) is 2.57. The molecule has 4 nitrogen and oxygen atoms in total. The summed E-state index contributed by atoms with van der Waals surface area (Å²) in [5.74, 6) is 1.24. The molecule has 0 saturated carbocycles. The second-order valence-corrected chi connectivity index (χ2v) is 3.75. The van der Waals surface area contributed by atoms with Gasteiger partial charge in [-0.25, -0.2) is 0 Å². The van der Waals surface area contributed by atoms with E-state index in [1.54, 1.807) is 13.3 Å². The molecule has 4 heteroatoms. The minimum absolute atomic E-state index is 0.337. The average Bonchev–Trinajstić information content (AvgIpc) is 2.64. The molecule has 0 radical (unpaired) electrons. The minimum Gasteiger partial charge on any atom is -0.496 e. The smallest absolute Gasteiger partial charge is 0.229 e. The van der Waals surface area contributed by atoms with Crippen molar-refractivity contribution in [2.24, 2.45) is 0 Å². The summed E-state index contributed by atoms with van der Waals surface area (Å²) in [7, 11) is 1.67. The van der Waals surface area contributed by atoms with Crippen LogP contribution in [0.3, 0.4) is 0 Å². The highest BCUT2D eigenvalue weighted by atomic mass is 16.5. The monoisotopic (exact) mass is 218 g/mol. The molecule has 0 aliphatic carbocycles. The van der Waals surface area contributed by atoms with Crippen LogP contribution in [0, 0.1) is 13.8 Å². The van der Waals surface area contributed by atoms with Gasteiger partial charge in [0, 0.05) is 0 Å². The molecule has 0 aliphatic heterocycles. The molecule has 0 unspecified atom stereocenters. The highest BCUT2D eigenvalue weighted by molar-refractivity contribution is 5.74. The first kappa shape index (κ1) is 10.5. The first-order valence-corrected chi connectivity index (χ1v) is 4.99. The van der Waals surface area contributed by atoms with Crippen molar-refractivity contribution in [3.63, 3.8) is 0 Å². The van der Waals surface area contributed by atoms with Gasteiger partial charge in [0.25, 0.3) is 0 Å². The summed E-state index contributed by atoms with van der Waals surface area (Å²) in [6.07, 6.45) is 1.62. The van der Waals surface area contributed by atoms with E-state index in [2.05, 4.69) is 5.16 Å². The molecule has 2 aromatic rings. The van der Waals surface area contributed by atoms with E-state index in [9.17, 15) is 0 Å². The number of hydrogen-bond acceptors (Lipinski definition) is 4. The number of anilines is 1. The van der Waals surface area contributed by atoms with Crippen LogP contribution in [-0.4, -0.2) is 12.3 Å². The van der Waals surface area contributed by atoms with E-state index in [-0.39, 0.29) is 0 Å². The van der Waals surface area contributed by atoms with E-state index in [0.29, 0.717) is 5.88 Å². The van der Waals surface area contributed by atoms with Crippen LogP contribution in [0.5, 0.6) is 5.75 Å². The van der Waals surface area contributed by atoms with Gasteiger partial charge in [-0.2, -0.15) is 0 Å². The molecule has 1 aromatic carbocycles. The molecule has 1 heterocycles. The second-order valence-electron chi connectivity index (χ2n) is 3.75. The molecule has 0 fully saturated rings. The molecule has 0 amide bonds. The number of benzene rings is 1. The molecule has 2 rings (SSSR count). The number of methoxy groups -OCH3 is 1. The lowest BCUT2D eigenvalue weighted by Gasteiger charge is -2.10. The number of nitrogens with two attached hydrogens (primary N) is 1. The van der Waals surface area contributed by atoms with Gasteiger partial charge in [-0.1, -0.05) is 5.16 Å². The van der Waals surface area contributed by atoms with Crippen molar-refractivity contribution in [2.45, 2.75) is 13.8 Å². The third kappa shape index (κ3) is 1.62. The molecule has 0 spiro atoms. The Hall–Kier alpha value is -1.97. The van der Waals surface area contributed by atoms with Crippen LogP contribution < -0.4 is 10.5 Å². The molecule has 84 valence electrons. The van der Waals surface area contributed by atoms with Crippen LogP contribution in [0.25, 0.3) is 11.1 Å². The predicted molar refractivity (Wildman–Crippen MR) is 62.4 cm³/mol. The van der Waals surface area contributed by atoms with Crippen molar-refractivity contribution in [1.82, 2.24) is 5.16 Å². The van der Waals surface area contributed by atoms with Gasteiger partial charge in [-0.05, 0) is 42.7 Å². The van der Waals surface area contributed by atoms with Crippen molar-refractivity contribution >= 4 is 5.88 Å². The number of nitrogens with zero attached hydrogens (tertiary/aromatic N) is 1. The molecule has 1 aromatic heterocycles. The summed E-state index contributed by atoms with van der Waals surface area (Å²) in [6.45, 7) is 4.00. The Labute approximate surface area is 94.0 Å². The SMILES string of the molecule is COc1c(C)cc(-c2cnoc2N)cc1C. The topological polar surface area (TPSA) is 61.3 Å². The zero-order chi connectivity index (χ0) is 11.7. The predicted octanol–water partition coefficient (Wildman–Crippen LogP) is 2.55. The van der Waals surface area contributed by atoms with Crippen LogP contribution in [0.15, 0.2) is 22.9 Å². The molecular formula is C12H14N2O2. The zero-order valence-electron chi connectivity index (χ0n) is 9.57. The number of aryl methyl sites for hydroxylation is 2. The number of hydrogen-bond donors (Lipinski definition) is 1. The van der Waals surface area contributed by atoms with Gasteiger partial charge in [0.05, 0.1) is 18.9 Å². The number of ether oxygens (including phenoxy) is 1. The van der Waals surface area contributed by atoms with Gasteiger partial charge in [0.2, 0.25) is 5.88 Å². The number of nitrogen functional groups attached to an aromatic ring is 1. The van der Waals surface area contributed by atoms with E-state index in [4.69, 9.17) is 15.0 Å². The molecule has 0 atom stereocenters. The fourth-order valence-electron chi connectivity index (χ4n) is 1.89. The van der Waals surface area contributed by atoms with Gasteiger partial charge in [0.1, 0.15) is 5.75 Å². The van der Waals surface area contributed by atoms with E-state index >= 15 is 0 Å². The van der Waals surface area contributed by atoms with Gasteiger partial charge in [-0.15, -0.1) is 0 Å². The summed E-state index contributed by atoms with van der Waals surface area (Å²) in [4.78, 5) is 0. The fourth-order valence-corrected chi connectivity index (χ4v) is 1.89. The summed E-state index contributed by atoms with van der Waals surface area (Å²) in [5.41, 5.74) is 9.63. The Bertz CT molecular complexity index is 494. The van der Waals surface area contributed by atoms with E-state index in [1.165, 1.54) is 0 Å². The zero-order valence-corrected chi connectivity index (χ0v) is 9.57. The molecule has 0 aliphatic rings. The Morgan fingerprint density at radius 2 is 1.88 bits per heavy atom. The van der Waals surface area contributed by atoms with Crippen molar-refractivity contribution in [1.29, 1.82) is 0 Å². The van der Waals surface area contributed by atoms with E-state index in [0.717, 1.165) is 28.0 Å². The van der Waals surface area contributed by atoms with Crippen LogP contribution in [0.1, 0.15) is 11.1 Å². The quantitative estimate of drug-likeness (QED) is 0.841. The van der Waals surface area contributed by atoms with Crippen molar-refractivity contribution in [3.05, 3.63) is 29.5 Å². The summed E-state index contributed by atoms with van der Waals surface area (Å²) < 4.78 is 10.2. The van der Waals surface area contributed by atoms with Crippen molar-refractivity contribution in [3.8, 4) is 16.9 Å². The molecule has 0 saturated heterocycles. The maximum Gasteiger partial charge on any atom is 0.229 e. The molecule has 16 heavy (non-hydrogen) atoms. The summed E-state index contributed by atoms with van der Waals surface area (Å²) in [5, 5.41) is 3.67. The molecule has 0 bridgehead atoms. The summed E-state index contributed by atoms with van der Waals surface area (Å²) >= 11 is 0. The van der Waals surface area contributed by atoms with Crippen LogP contribution in [0.2, 0.25) is 0 Å². The van der Waals surface area contributed by atoms with Gasteiger partial charge in [0.15, 0.2) is 0 Å². The van der Waals surface area contributed by atoms with E-state index < -0.39 is 0 Å². The van der Waals surface area contributed by atoms with Gasteiger partial charge in [-0.3, -0.25) is 0 Å². The fraction of sp³-hybridized carbons (Fsp3) is 0.250. The first-order valence-electron chi connectivity index (χ1n) is 4.99. The highest BCUT2D eigenvalue weighted by Gasteiger charge is 2.11. The van der Waals surface area contributed by atoms with Crippen LogP contribution >= 0.6 is 0 Å². The Morgan fingerprint density at radius 1 is 1.25 bits per heavy atom. The maximum atomic E-state index is 5.68. The van der Waals surface area contributed by atoms with Crippen molar-refractivity contribution < 1.29 is 9.26 Å². The lowest BCUT2D eigenvalue weighted by atomic mass is 10.0. The normalized spacial score (nSPS) is 10.4. The Balaban J connectivity index is 2.57. The van der Waals surface area contributed by atoms with Gasteiger partial charge >= 0.3 is 0 Å². The largest absolute Gasteiger partial charge is 0.496 e. The third-order valence-corrected chi connectivity index (χ3v) is 2.57. The van der Waals surface area contributed by atoms with E-state index in [1.807, 2.05) is 26.0 Å². The minimum atomic E-state index is 0.337. The lowest BCUT2D eigenvalue weighted by Crippen LogP contribution is -1.93.